The van der Waals surface area contributed by atoms with E-state index >= 15 is 0 Å². The Kier molecular flexibility index (Phi) is 19.5. The Hall–Kier alpha value is -0.104. The van der Waals surface area contributed by atoms with E-state index in [4.69, 9.17) is 4.55 Å². The molecular formula is C25H46MgO3S. The minimum absolute atomic E-state index is 0. The van der Waals surface area contributed by atoms with Gasteiger partial charge in [-0.3, -0.25) is 4.55 Å². The highest BCUT2D eigenvalue weighted by molar-refractivity contribution is 7.85. The van der Waals surface area contributed by atoms with E-state index in [0.717, 1.165) is 18.4 Å². The summed E-state index contributed by atoms with van der Waals surface area (Å²) in [4.78, 5) is -0.0244. The maximum Gasteiger partial charge on any atom is 0.316 e. The van der Waals surface area contributed by atoms with Crippen molar-refractivity contribution in [2.24, 2.45) is 0 Å². The fraction of sp³-hybridized carbons (Fsp3) is 0.760. The van der Waals surface area contributed by atoms with Crippen LogP contribution >= 0.6 is 0 Å². The minimum Gasteiger partial charge on any atom is -0.282 e. The van der Waals surface area contributed by atoms with Crippen molar-refractivity contribution in [3.8, 4) is 0 Å². The first-order valence-corrected chi connectivity index (χ1v) is 13.5. The first-order chi connectivity index (χ1) is 14.0. The quantitative estimate of drug-likeness (QED) is 0.137. The maximum absolute atomic E-state index is 11.0. The van der Waals surface area contributed by atoms with Crippen molar-refractivity contribution in [2.45, 2.75) is 127 Å². The van der Waals surface area contributed by atoms with Crippen LogP contribution in [0.1, 0.15) is 122 Å². The zero-order valence-corrected chi connectivity index (χ0v) is 19.5. The molecule has 0 fully saturated rings. The molecule has 0 aliphatic carbocycles. The van der Waals surface area contributed by atoms with Gasteiger partial charge < -0.3 is 0 Å². The molecule has 1 aromatic carbocycles. The van der Waals surface area contributed by atoms with Crippen molar-refractivity contribution >= 4 is 33.2 Å². The van der Waals surface area contributed by atoms with Crippen LogP contribution in [0.2, 0.25) is 0 Å². The fourth-order valence-corrected chi connectivity index (χ4v) is 4.36. The van der Waals surface area contributed by atoms with E-state index in [1.54, 1.807) is 12.1 Å². The van der Waals surface area contributed by atoms with Crippen LogP contribution in [-0.2, 0) is 16.5 Å². The molecule has 172 valence electrons. The third-order valence-corrected chi connectivity index (χ3v) is 6.66. The van der Waals surface area contributed by atoms with E-state index in [0.29, 0.717) is 0 Å². The molecule has 3 nitrogen and oxygen atoms in total. The van der Waals surface area contributed by atoms with Crippen LogP contribution < -0.4 is 0 Å². The fourth-order valence-electron chi connectivity index (χ4n) is 3.88. The summed E-state index contributed by atoms with van der Waals surface area (Å²) < 4.78 is 31.0. The summed E-state index contributed by atoms with van der Waals surface area (Å²) in [5.74, 6) is 0. The number of rotatable bonds is 19. The normalized spacial score (nSPS) is 11.4. The van der Waals surface area contributed by atoms with Crippen molar-refractivity contribution in [3.05, 3.63) is 29.8 Å². The highest BCUT2D eigenvalue weighted by Crippen LogP contribution is 2.16. The molecule has 0 spiro atoms. The lowest BCUT2D eigenvalue weighted by Crippen LogP contribution is -1.98. The zero-order chi connectivity index (χ0) is 21.2. The van der Waals surface area contributed by atoms with Gasteiger partial charge in [0.05, 0.1) is 4.90 Å². The highest BCUT2D eigenvalue weighted by Gasteiger charge is 2.08. The number of hydrogen-bond acceptors (Lipinski definition) is 2. The van der Waals surface area contributed by atoms with Crippen molar-refractivity contribution in [1.29, 1.82) is 0 Å². The Morgan fingerprint density at radius 3 is 1.27 bits per heavy atom. The monoisotopic (exact) mass is 450 g/mol. The number of hydrogen-bond donors (Lipinski definition) is 1. The van der Waals surface area contributed by atoms with Gasteiger partial charge in [-0.2, -0.15) is 8.42 Å². The lowest BCUT2D eigenvalue weighted by atomic mass is 10.0. The second-order valence-corrected chi connectivity index (χ2v) is 9.95. The Bertz CT molecular complexity index is 599. The first kappa shape index (κ1) is 29.9. The van der Waals surface area contributed by atoms with Gasteiger partial charge in [-0.25, -0.2) is 0 Å². The molecule has 0 unspecified atom stereocenters. The number of benzene rings is 1. The van der Waals surface area contributed by atoms with Gasteiger partial charge in [0.2, 0.25) is 0 Å². The molecule has 0 saturated heterocycles. The van der Waals surface area contributed by atoms with Crippen molar-refractivity contribution in [1.82, 2.24) is 0 Å². The van der Waals surface area contributed by atoms with Crippen LogP contribution in [0.15, 0.2) is 29.2 Å². The van der Waals surface area contributed by atoms with Gasteiger partial charge in [0.1, 0.15) is 0 Å². The van der Waals surface area contributed by atoms with Crippen molar-refractivity contribution in [3.63, 3.8) is 0 Å². The summed E-state index contributed by atoms with van der Waals surface area (Å²) in [6.07, 6.45) is 24.3. The van der Waals surface area contributed by atoms with Crippen molar-refractivity contribution in [2.75, 3.05) is 0 Å². The van der Waals surface area contributed by atoms with E-state index in [9.17, 15) is 8.42 Å². The molecule has 0 atom stereocenters. The smallest absolute Gasteiger partial charge is 0.282 e. The van der Waals surface area contributed by atoms with Crippen LogP contribution in [0.5, 0.6) is 0 Å². The summed E-state index contributed by atoms with van der Waals surface area (Å²) in [6, 6.07) is 6.57. The van der Waals surface area contributed by atoms with Gasteiger partial charge in [-0.05, 0) is 30.5 Å². The molecule has 1 N–H and O–H groups in total. The highest BCUT2D eigenvalue weighted by atomic mass is 32.2. The van der Waals surface area contributed by atoms with Gasteiger partial charge in [0.15, 0.2) is 0 Å². The van der Waals surface area contributed by atoms with Crippen LogP contribution in [-0.4, -0.2) is 36.0 Å². The van der Waals surface area contributed by atoms with Crippen LogP contribution in [0.3, 0.4) is 0 Å². The third-order valence-electron chi connectivity index (χ3n) is 5.79. The van der Waals surface area contributed by atoms with E-state index in [-0.39, 0.29) is 27.9 Å². The molecule has 0 bridgehead atoms. The van der Waals surface area contributed by atoms with Gasteiger partial charge >= 0.3 is 23.1 Å². The summed E-state index contributed by atoms with van der Waals surface area (Å²) in [5, 5.41) is 0. The molecule has 0 heterocycles. The lowest BCUT2D eigenvalue weighted by Gasteiger charge is -2.04. The van der Waals surface area contributed by atoms with Gasteiger partial charge in [0.25, 0.3) is 10.1 Å². The second kappa shape index (κ2) is 19.6. The largest absolute Gasteiger partial charge is 0.316 e. The molecule has 0 amide bonds. The predicted molar refractivity (Wildman–Crippen MR) is 133 cm³/mol. The standard InChI is InChI=1S/C25H44O3S.Mg.2H/c1-2-3-4-5-6-7-8-9-10-11-12-13-14-15-16-17-18-19-24-20-22-25(23-21-24)29(26,27)28;;;/h20-23H,2-19H2,1H3,(H,26,27,28);;;. The molecule has 0 radical (unpaired) electrons. The molecular weight excluding hydrogens is 405 g/mol. The Labute approximate surface area is 202 Å². The summed E-state index contributed by atoms with van der Waals surface area (Å²) in [6.45, 7) is 2.28. The van der Waals surface area contributed by atoms with Gasteiger partial charge in [-0.15, -0.1) is 0 Å². The third kappa shape index (κ3) is 16.6. The second-order valence-electron chi connectivity index (χ2n) is 8.53. The topological polar surface area (TPSA) is 54.4 Å². The van der Waals surface area contributed by atoms with E-state index < -0.39 is 10.1 Å². The molecule has 0 aliphatic heterocycles. The first-order valence-electron chi connectivity index (χ1n) is 12.1. The average Bonchev–Trinajstić information content (AvgIpc) is 2.70. The van der Waals surface area contributed by atoms with E-state index in [1.807, 2.05) is 0 Å². The molecule has 0 saturated carbocycles. The molecule has 5 heteroatoms. The molecule has 1 rings (SSSR count). The molecule has 0 aliphatic rings. The van der Waals surface area contributed by atoms with Gasteiger partial charge in [0, 0.05) is 0 Å². The minimum atomic E-state index is -4.07. The van der Waals surface area contributed by atoms with Gasteiger partial charge in [-0.1, -0.05) is 122 Å². The van der Waals surface area contributed by atoms with E-state index in [2.05, 4.69) is 6.92 Å². The number of unbranched alkanes of at least 4 members (excludes halogenated alkanes) is 16. The predicted octanol–water partition coefficient (Wildman–Crippen LogP) is 7.21. The molecule has 0 aromatic heterocycles. The molecule has 30 heavy (non-hydrogen) atoms. The van der Waals surface area contributed by atoms with Crippen LogP contribution in [0.4, 0.5) is 0 Å². The van der Waals surface area contributed by atoms with E-state index in [1.165, 1.54) is 115 Å². The Morgan fingerprint density at radius 2 is 0.933 bits per heavy atom. The SMILES string of the molecule is CCCCCCCCCCCCCCCCCCCc1ccc(S(=O)(=O)O)cc1.[MgH2]. The summed E-state index contributed by atoms with van der Waals surface area (Å²) in [5.41, 5.74) is 1.14. The summed E-state index contributed by atoms with van der Waals surface area (Å²) >= 11 is 0. The van der Waals surface area contributed by atoms with Crippen molar-refractivity contribution < 1.29 is 13.0 Å². The maximum atomic E-state index is 11.0. The number of aryl methyl sites for hydroxylation is 1. The Morgan fingerprint density at radius 1 is 0.600 bits per heavy atom. The average molecular weight is 451 g/mol. The van der Waals surface area contributed by atoms with Crippen LogP contribution in [0.25, 0.3) is 0 Å². The summed E-state index contributed by atoms with van der Waals surface area (Å²) in [7, 11) is -4.07. The zero-order valence-electron chi connectivity index (χ0n) is 18.7. The lowest BCUT2D eigenvalue weighted by molar-refractivity contribution is 0.483. The Balaban J connectivity index is 0.00000841. The molecule has 1 aromatic rings. The van der Waals surface area contributed by atoms with Crippen LogP contribution in [0, 0.1) is 0 Å².